The standard InChI is InChI=1S/C30H34F3N5O/c1-29(11-6-12-29)34-16-19-13-23-24(25(14-19)30(31,32)33)17-38(28(23)39)22-10-5-9-21(15-22)26(20-7-3-4-8-20)27-36-35-18-37(27)2/h5,9-10,13-15,18,20,26,34H,3-4,6-8,11-12,16-17H2,1-2H3/t26-/m1/s1. The molecule has 0 bridgehead atoms. The molecule has 1 N–H and O–H groups in total. The zero-order valence-electron chi connectivity index (χ0n) is 22.4. The fourth-order valence-corrected chi connectivity index (χ4v) is 6.61. The molecule has 2 heterocycles. The number of halogens is 3. The van der Waals surface area contributed by atoms with E-state index in [4.69, 9.17) is 0 Å². The first-order valence-electron chi connectivity index (χ1n) is 13.9. The summed E-state index contributed by atoms with van der Waals surface area (Å²) in [7, 11) is 1.93. The quantitative estimate of drug-likeness (QED) is 0.382. The van der Waals surface area contributed by atoms with Crippen LogP contribution in [0.25, 0.3) is 0 Å². The Morgan fingerprint density at radius 3 is 2.54 bits per heavy atom. The van der Waals surface area contributed by atoms with E-state index < -0.39 is 11.7 Å². The second kappa shape index (κ2) is 9.77. The van der Waals surface area contributed by atoms with Gasteiger partial charge in [-0.1, -0.05) is 25.0 Å². The lowest BCUT2D eigenvalue weighted by molar-refractivity contribution is -0.138. The molecule has 1 amide bonds. The molecule has 3 aromatic rings. The number of carbonyl (C=O) groups is 1. The van der Waals surface area contributed by atoms with Gasteiger partial charge in [-0.25, -0.2) is 0 Å². The molecule has 1 aliphatic heterocycles. The molecular formula is C30H34F3N5O. The summed E-state index contributed by atoms with van der Waals surface area (Å²) < 4.78 is 44.5. The van der Waals surface area contributed by atoms with Gasteiger partial charge in [-0.3, -0.25) is 4.79 Å². The lowest BCUT2D eigenvalue weighted by Gasteiger charge is -2.39. The molecule has 39 heavy (non-hydrogen) atoms. The highest BCUT2D eigenvalue weighted by Gasteiger charge is 2.41. The molecular weight excluding hydrogens is 503 g/mol. The van der Waals surface area contributed by atoms with Crippen molar-refractivity contribution in [1.29, 1.82) is 0 Å². The van der Waals surface area contributed by atoms with Crippen LogP contribution in [0.15, 0.2) is 42.7 Å². The minimum absolute atomic E-state index is 0.0105. The molecule has 2 fully saturated rings. The Kier molecular flexibility index (Phi) is 6.52. The van der Waals surface area contributed by atoms with Gasteiger partial charge < -0.3 is 14.8 Å². The van der Waals surface area contributed by atoms with Crippen LogP contribution in [-0.4, -0.2) is 26.2 Å². The molecule has 6 rings (SSSR count). The van der Waals surface area contributed by atoms with Gasteiger partial charge in [0.2, 0.25) is 0 Å². The third kappa shape index (κ3) is 4.86. The normalized spacial score (nSPS) is 19.8. The van der Waals surface area contributed by atoms with Crippen molar-refractivity contribution in [1.82, 2.24) is 20.1 Å². The van der Waals surface area contributed by atoms with Gasteiger partial charge in [0.05, 0.1) is 12.1 Å². The van der Waals surface area contributed by atoms with E-state index in [1.165, 1.54) is 11.0 Å². The number of rotatable bonds is 7. The summed E-state index contributed by atoms with van der Waals surface area (Å²) >= 11 is 0. The first-order chi connectivity index (χ1) is 18.6. The number of aryl methyl sites for hydroxylation is 1. The van der Waals surface area contributed by atoms with E-state index in [1.54, 1.807) is 12.4 Å². The maximum Gasteiger partial charge on any atom is 0.416 e. The van der Waals surface area contributed by atoms with Crippen LogP contribution in [0, 0.1) is 5.92 Å². The highest BCUT2D eigenvalue weighted by Crippen LogP contribution is 2.43. The molecule has 2 aliphatic carbocycles. The molecule has 0 unspecified atom stereocenters. The molecule has 1 aromatic heterocycles. The number of carbonyl (C=O) groups excluding carboxylic acids is 1. The summed E-state index contributed by atoms with van der Waals surface area (Å²) in [6, 6.07) is 10.5. The summed E-state index contributed by atoms with van der Waals surface area (Å²) in [5.41, 5.74) is 1.53. The Bertz CT molecular complexity index is 1390. The minimum atomic E-state index is -4.54. The van der Waals surface area contributed by atoms with E-state index in [1.807, 2.05) is 35.9 Å². The van der Waals surface area contributed by atoms with Crippen molar-refractivity contribution < 1.29 is 18.0 Å². The maximum atomic E-state index is 14.2. The molecule has 3 aliphatic rings. The van der Waals surface area contributed by atoms with Crippen LogP contribution >= 0.6 is 0 Å². The zero-order valence-corrected chi connectivity index (χ0v) is 22.4. The Hall–Kier alpha value is -3.20. The van der Waals surface area contributed by atoms with Gasteiger partial charge in [-0.2, -0.15) is 13.2 Å². The van der Waals surface area contributed by atoms with Crippen molar-refractivity contribution >= 4 is 11.6 Å². The average Bonchev–Trinajstić information content (AvgIpc) is 3.63. The zero-order chi connectivity index (χ0) is 27.4. The van der Waals surface area contributed by atoms with Crippen molar-refractivity contribution in [2.24, 2.45) is 13.0 Å². The molecule has 6 nitrogen and oxygen atoms in total. The SMILES string of the molecule is Cn1cnnc1[C@@H](c1cccc(N2Cc3c(cc(CNC4(C)CCC4)cc3C(F)(F)F)C2=O)c1)C1CCCC1. The number of aromatic nitrogens is 3. The van der Waals surface area contributed by atoms with E-state index in [9.17, 15) is 18.0 Å². The molecule has 0 radical (unpaired) electrons. The topological polar surface area (TPSA) is 63.1 Å². The van der Waals surface area contributed by atoms with Crippen molar-refractivity contribution in [3.8, 4) is 0 Å². The number of fused-ring (bicyclic) bond motifs is 1. The second-order valence-electron chi connectivity index (χ2n) is 11.7. The summed E-state index contributed by atoms with van der Waals surface area (Å²) in [6.07, 6.45) is 4.76. The van der Waals surface area contributed by atoms with E-state index >= 15 is 0 Å². The van der Waals surface area contributed by atoms with E-state index in [0.29, 0.717) is 23.7 Å². The largest absolute Gasteiger partial charge is 0.416 e. The summed E-state index contributed by atoms with van der Waals surface area (Å²) in [6.45, 7) is 2.29. The number of benzene rings is 2. The predicted molar refractivity (Wildman–Crippen MR) is 142 cm³/mol. The number of amides is 1. The molecule has 0 saturated heterocycles. The number of nitrogens with one attached hydrogen (secondary N) is 1. The summed E-state index contributed by atoms with van der Waals surface area (Å²) in [5, 5.41) is 11.9. The number of anilines is 1. The summed E-state index contributed by atoms with van der Waals surface area (Å²) in [5.74, 6) is 0.891. The Balaban J connectivity index is 1.33. The van der Waals surface area contributed by atoms with Gasteiger partial charge in [0.25, 0.3) is 5.91 Å². The lowest BCUT2D eigenvalue weighted by atomic mass is 9.78. The highest BCUT2D eigenvalue weighted by atomic mass is 19.4. The first-order valence-corrected chi connectivity index (χ1v) is 13.9. The van der Waals surface area contributed by atoms with Gasteiger partial charge in [0.1, 0.15) is 12.2 Å². The van der Waals surface area contributed by atoms with Gasteiger partial charge in [0, 0.05) is 36.3 Å². The van der Waals surface area contributed by atoms with Crippen molar-refractivity contribution in [3.05, 3.63) is 76.4 Å². The van der Waals surface area contributed by atoms with Crippen LogP contribution in [0.5, 0.6) is 0 Å². The van der Waals surface area contributed by atoms with Gasteiger partial charge >= 0.3 is 6.18 Å². The third-order valence-electron chi connectivity index (χ3n) is 9.02. The van der Waals surface area contributed by atoms with Crippen LogP contribution in [-0.2, 0) is 26.3 Å². The monoisotopic (exact) mass is 537 g/mol. The van der Waals surface area contributed by atoms with Crippen LogP contribution < -0.4 is 10.2 Å². The molecule has 0 spiro atoms. The maximum absolute atomic E-state index is 14.2. The van der Waals surface area contributed by atoms with Gasteiger partial charge in [0.15, 0.2) is 0 Å². The molecule has 2 aromatic carbocycles. The second-order valence-corrected chi connectivity index (χ2v) is 11.7. The van der Waals surface area contributed by atoms with E-state index in [-0.39, 0.29) is 35.0 Å². The Labute approximate surface area is 226 Å². The fraction of sp³-hybridized carbons (Fsp3) is 0.500. The van der Waals surface area contributed by atoms with Crippen LogP contribution in [0.1, 0.15) is 96.2 Å². The lowest BCUT2D eigenvalue weighted by Crippen LogP contribution is -2.47. The first kappa shape index (κ1) is 26.0. The van der Waals surface area contributed by atoms with Crippen molar-refractivity contribution in [3.63, 3.8) is 0 Å². The molecule has 9 heteroatoms. The molecule has 206 valence electrons. The minimum Gasteiger partial charge on any atom is -0.320 e. The average molecular weight is 538 g/mol. The number of alkyl halides is 3. The smallest absolute Gasteiger partial charge is 0.320 e. The Morgan fingerprint density at radius 2 is 1.90 bits per heavy atom. The highest BCUT2D eigenvalue weighted by molar-refractivity contribution is 6.10. The summed E-state index contributed by atoms with van der Waals surface area (Å²) in [4.78, 5) is 15.1. The van der Waals surface area contributed by atoms with Crippen LogP contribution in [0.3, 0.4) is 0 Å². The van der Waals surface area contributed by atoms with Crippen LogP contribution in [0.2, 0.25) is 0 Å². The fourth-order valence-electron chi connectivity index (χ4n) is 6.61. The van der Waals surface area contributed by atoms with Crippen LogP contribution in [0.4, 0.5) is 18.9 Å². The number of hydrogen-bond donors (Lipinski definition) is 1. The van der Waals surface area contributed by atoms with Gasteiger partial charge in [-0.15, -0.1) is 10.2 Å². The van der Waals surface area contributed by atoms with E-state index in [0.717, 1.165) is 56.3 Å². The predicted octanol–water partition coefficient (Wildman–Crippen LogP) is 6.35. The number of hydrogen-bond acceptors (Lipinski definition) is 4. The van der Waals surface area contributed by atoms with E-state index in [2.05, 4.69) is 22.4 Å². The number of nitrogens with zero attached hydrogens (tertiary/aromatic N) is 4. The van der Waals surface area contributed by atoms with Crippen molar-refractivity contribution in [2.45, 2.75) is 82.6 Å². The van der Waals surface area contributed by atoms with Crippen molar-refractivity contribution in [2.75, 3.05) is 4.90 Å². The van der Waals surface area contributed by atoms with Gasteiger partial charge in [-0.05, 0) is 85.9 Å². The molecule has 2 saturated carbocycles. The Morgan fingerprint density at radius 1 is 1.13 bits per heavy atom. The molecule has 1 atom stereocenters. The third-order valence-corrected chi connectivity index (χ3v) is 9.02.